The molecule has 0 aliphatic carbocycles. The van der Waals surface area contributed by atoms with Crippen molar-refractivity contribution in [1.82, 2.24) is 15.1 Å². The molecule has 0 spiro atoms. The number of amides is 1. The van der Waals surface area contributed by atoms with Gasteiger partial charge in [-0.2, -0.15) is 5.10 Å². The van der Waals surface area contributed by atoms with Gasteiger partial charge in [-0.3, -0.25) is 9.48 Å². The summed E-state index contributed by atoms with van der Waals surface area (Å²) in [7, 11) is 3.56. The molecular formula is C16H15N3O. The monoisotopic (exact) mass is 265 g/mol. The van der Waals surface area contributed by atoms with E-state index in [0.29, 0.717) is 5.56 Å². The molecule has 1 aromatic heterocycles. The molecule has 3 aromatic rings. The number of nitrogens with one attached hydrogen (secondary N) is 1. The summed E-state index contributed by atoms with van der Waals surface area (Å²) >= 11 is 0. The number of nitrogens with zero attached hydrogens (tertiary/aromatic N) is 2. The van der Waals surface area contributed by atoms with Crippen molar-refractivity contribution in [2.45, 2.75) is 0 Å². The van der Waals surface area contributed by atoms with Gasteiger partial charge in [0, 0.05) is 25.0 Å². The lowest BCUT2D eigenvalue weighted by molar-refractivity contribution is 0.0963. The number of aromatic nitrogens is 2. The zero-order valence-electron chi connectivity index (χ0n) is 11.4. The standard InChI is InChI=1S/C16H15N3O/c1-17-16(20)13-5-3-4-11(8-13)12-6-7-15-14(9-12)10-18-19(15)2/h3-10H,1-2H3,(H,17,20). The highest BCUT2D eigenvalue weighted by Crippen LogP contribution is 2.24. The first-order valence-corrected chi connectivity index (χ1v) is 6.43. The van der Waals surface area contributed by atoms with Gasteiger partial charge in [0.05, 0.1) is 11.7 Å². The maximum absolute atomic E-state index is 11.7. The molecule has 0 atom stereocenters. The molecule has 0 saturated carbocycles. The average molecular weight is 265 g/mol. The second-order valence-corrected chi connectivity index (χ2v) is 4.70. The Morgan fingerprint density at radius 3 is 2.75 bits per heavy atom. The normalized spacial score (nSPS) is 10.7. The summed E-state index contributed by atoms with van der Waals surface area (Å²) in [6, 6.07) is 13.8. The quantitative estimate of drug-likeness (QED) is 0.774. The Morgan fingerprint density at radius 2 is 1.95 bits per heavy atom. The molecule has 4 nitrogen and oxygen atoms in total. The van der Waals surface area contributed by atoms with Crippen molar-refractivity contribution in [1.29, 1.82) is 0 Å². The van der Waals surface area contributed by atoms with Crippen LogP contribution >= 0.6 is 0 Å². The van der Waals surface area contributed by atoms with E-state index < -0.39 is 0 Å². The Labute approximate surface area is 117 Å². The van der Waals surface area contributed by atoms with Crippen LogP contribution in [0.1, 0.15) is 10.4 Å². The maximum atomic E-state index is 11.7. The SMILES string of the molecule is CNC(=O)c1cccc(-c2ccc3c(cnn3C)c2)c1. The number of hydrogen-bond acceptors (Lipinski definition) is 2. The Bertz CT molecular complexity index is 789. The molecule has 2 aromatic carbocycles. The van der Waals surface area contributed by atoms with E-state index >= 15 is 0 Å². The predicted octanol–water partition coefficient (Wildman–Crippen LogP) is 2.60. The zero-order chi connectivity index (χ0) is 14.1. The van der Waals surface area contributed by atoms with Crippen LogP contribution in [0.3, 0.4) is 0 Å². The third-order valence-electron chi connectivity index (χ3n) is 3.43. The largest absolute Gasteiger partial charge is 0.355 e. The summed E-state index contributed by atoms with van der Waals surface area (Å²) in [4.78, 5) is 11.7. The van der Waals surface area contributed by atoms with Crippen LogP contribution in [0.4, 0.5) is 0 Å². The van der Waals surface area contributed by atoms with Gasteiger partial charge in [0.2, 0.25) is 0 Å². The molecule has 1 N–H and O–H groups in total. The highest BCUT2D eigenvalue weighted by Gasteiger charge is 2.06. The summed E-state index contributed by atoms with van der Waals surface area (Å²) in [6.45, 7) is 0. The van der Waals surface area contributed by atoms with E-state index in [2.05, 4.69) is 16.5 Å². The van der Waals surface area contributed by atoms with E-state index in [0.717, 1.165) is 22.0 Å². The number of fused-ring (bicyclic) bond motifs is 1. The van der Waals surface area contributed by atoms with Gasteiger partial charge in [-0.15, -0.1) is 0 Å². The molecule has 4 heteroatoms. The number of carbonyl (C=O) groups excluding carboxylic acids is 1. The van der Waals surface area contributed by atoms with E-state index in [1.807, 2.05) is 54.3 Å². The molecule has 0 fully saturated rings. The van der Waals surface area contributed by atoms with Gasteiger partial charge in [-0.25, -0.2) is 0 Å². The molecule has 0 aliphatic heterocycles. The molecule has 100 valence electrons. The minimum atomic E-state index is -0.0747. The van der Waals surface area contributed by atoms with Gasteiger partial charge < -0.3 is 5.32 Å². The molecule has 0 radical (unpaired) electrons. The number of hydrogen-bond donors (Lipinski definition) is 1. The van der Waals surface area contributed by atoms with E-state index in [9.17, 15) is 4.79 Å². The highest BCUT2D eigenvalue weighted by molar-refractivity contribution is 5.95. The third kappa shape index (κ3) is 2.05. The van der Waals surface area contributed by atoms with Crippen molar-refractivity contribution in [3.63, 3.8) is 0 Å². The highest BCUT2D eigenvalue weighted by atomic mass is 16.1. The molecule has 0 bridgehead atoms. The fourth-order valence-electron chi connectivity index (χ4n) is 2.33. The Morgan fingerprint density at radius 1 is 1.15 bits per heavy atom. The van der Waals surface area contributed by atoms with Crippen molar-refractivity contribution in [3.05, 3.63) is 54.2 Å². The van der Waals surface area contributed by atoms with E-state index in [-0.39, 0.29) is 5.91 Å². The Balaban J connectivity index is 2.08. The fraction of sp³-hybridized carbons (Fsp3) is 0.125. The van der Waals surface area contributed by atoms with Crippen molar-refractivity contribution < 1.29 is 4.79 Å². The van der Waals surface area contributed by atoms with Crippen molar-refractivity contribution >= 4 is 16.8 Å². The summed E-state index contributed by atoms with van der Waals surface area (Å²) in [5.74, 6) is -0.0747. The van der Waals surface area contributed by atoms with Crippen molar-refractivity contribution in [2.24, 2.45) is 7.05 Å². The first kappa shape index (κ1) is 12.4. The van der Waals surface area contributed by atoms with Crippen LogP contribution < -0.4 is 5.32 Å². The van der Waals surface area contributed by atoms with Gasteiger partial charge in [0.1, 0.15) is 0 Å². The number of rotatable bonds is 2. The van der Waals surface area contributed by atoms with Gasteiger partial charge in [-0.1, -0.05) is 18.2 Å². The lowest BCUT2D eigenvalue weighted by Crippen LogP contribution is -2.17. The molecule has 0 aliphatic rings. The average Bonchev–Trinajstić information content (AvgIpc) is 2.87. The van der Waals surface area contributed by atoms with Gasteiger partial charge >= 0.3 is 0 Å². The second kappa shape index (κ2) is 4.81. The maximum Gasteiger partial charge on any atom is 0.251 e. The Kier molecular flexibility index (Phi) is 2.99. The fourth-order valence-corrected chi connectivity index (χ4v) is 2.33. The van der Waals surface area contributed by atoms with Crippen LogP contribution in [0, 0.1) is 0 Å². The molecule has 3 rings (SSSR count). The minimum Gasteiger partial charge on any atom is -0.355 e. The van der Waals surface area contributed by atoms with Crippen molar-refractivity contribution in [3.8, 4) is 11.1 Å². The lowest BCUT2D eigenvalue weighted by Gasteiger charge is -2.05. The molecule has 0 unspecified atom stereocenters. The van der Waals surface area contributed by atoms with Crippen LogP contribution in [-0.2, 0) is 7.05 Å². The smallest absolute Gasteiger partial charge is 0.251 e. The summed E-state index contributed by atoms with van der Waals surface area (Å²) in [5.41, 5.74) is 3.86. The summed E-state index contributed by atoms with van der Waals surface area (Å²) in [5, 5.41) is 7.98. The first-order valence-electron chi connectivity index (χ1n) is 6.43. The number of aryl methyl sites for hydroxylation is 1. The van der Waals surface area contributed by atoms with Crippen LogP contribution in [-0.4, -0.2) is 22.7 Å². The first-order chi connectivity index (χ1) is 9.69. The third-order valence-corrected chi connectivity index (χ3v) is 3.43. The van der Waals surface area contributed by atoms with Crippen LogP contribution in [0.15, 0.2) is 48.7 Å². The molecular weight excluding hydrogens is 250 g/mol. The van der Waals surface area contributed by atoms with E-state index in [1.165, 1.54) is 0 Å². The Hall–Kier alpha value is -2.62. The van der Waals surface area contributed by atoms with Crippen molar-refractivity contribution in [2.75, 3.05) is 7.05 Å². The van der Waals surface area contributed by atoms with Gasteiger partial charge in [0.25, 0.3) is 5.91 Å². The number of carbonyl (C=O) groups is 1. The topological polar surface area (TPSA) is 46.9 Å². The van der Waals surface area contributed by atoms with Crippen LogP contribution in [0.5, 0.6) is 0 Å². The zero-order valence-corrected chi connectivity index (χ0v) is 11.4. The lowest BCUT2D eigenvalue weighted by atomic mass is 10.0. The molecule has 1 amide bonds. The predicted molar refractivity (Wildman–Crippen MR) is 79.5 cm³/mol. The summed E-state index contributed by atoms with van der Waals surface area (Å²) < 4.78 is 1.85. The second-order valence-electron chi connectivity index (χ2n) is 4.70. The van der Waals surface area contributed by atoms with Gasteiger partial charge in [0.15, 0.2) is 0 Å². The van der Waals surface area contributed by atoms with Crippen LogP contribution in [0.2, 0.25) is 0 Å². The van der Waals surface area contributed by atoms with Gasteiger partial charge in [-0.05, 0) is 35.4 Å². The minimum absolute atomic E-state index is 0.0747. The number of benzene rings is 2. The van der Waals surface area contributed by atoms with Crippen LogP contribution in [0.25, 0.3) is 22.0 Å². The molecule has 0 saturated heterocycles. The molecule has 1 heterocycles. The van der Waals surface area contributed by atoms with E-state index in [1.54, 1.807) is 7.05 Å². The van der Waals surface area contributed by atoms with E-state index in [4.69, 9.17) is 0 Å². The summed E-state index contributed by atoms with van der Waals surface area (Å²) in [6.07, 6.45) is 1.85. The molecule has 20 heavy (non-hydrogen) atoms.